The van der Waals surface area contributed by atoms with Crippen LogP contribution in [0.25, 0.3) is 5.65 Å². The second-order valence-corrected chi connectivity index (χ2v) is 6.51. The van der Waals surface area contributed by atoms with Crippen molar-refractivity contribution in [2.24, 2.45) is 5.73 Å². The van der Waals surface area contributed by atoms with E-state index in [2.05, 4.69) is 69.9 Å². The fourth-order valence-electron chi connectivity index (χ4n) is 3.64. The molecule has 1 aliphatic rings. The number of halogens is 1. The van der Waals surface area contributed by atoms with E-state index in [1.165, 1.54) is 16.8 Å². The van der Waals surface area contributed by atoms with Crippen LogP contribution < -0.4 is 5.73 Å². The van der Waals surface area contributed by atoms with Gasteiger partial charge < -0.3 is 10.1 Å². The Balaban J connectivity index is 0.00000169. The molecule has 4 rings (SSSR count). The number of benzene rings is 1. The topological polar surface area (TPSA) is 46.6 Å². The van der Waals surface area contributed by atoms with Crippen molar-refractivity contribution in [2.45, 2.75) is 25.4 Å². The van der Waals surface area contributed by atoms with E-state index in [0.717, 1.165) is 25.3 Å². The largest absolute Gasteiger partial charge is 0.326 e. The number of hydrogen-bond donors (Lipinski definition) is 1. The maximum Gasteiger partial charge on any atom is 0.139 e. The molecule has 126 valence electrons. The number of aryl methyl sites for hydroxylation is 1. The number of rotatable bonds is 3. The third kappa shape index (κ3) is 3.05. The molecule has 2 N–H and O–H groups in total. The number of likely N-dealkylation sites (tertiary alicyclic amines) is 1. The summed E-state index contributed by atoms with van der Waals surface area (Å²) in [6, 6.07) is 15.0. The van der Waals surface area contributed by atoms with Crippen LogP contribution in [-0.2, 0) is 6.54 Å². The lowest BCUT2D eigenvalue weighted by atomic mass is 9.95. The summed E-state index contributed by atoms with van der Waals surface area (Å²) in [7, 11) is 0. The Bertz CT molecular complexity index is 815. The average Bonchev–Trinajstić information content (AvgIpc) is 3.14. The maximum atomic E-state index is 6.40. The Morgan fingerprint density at radius 3 is 2.71 bits per heavy atom. The van der Waals surface area contributed by atoms with Gasteiger partial charge in [-0.1, -0.05) is 36.4 Å². The van der Waals surface area contributed by atoms with Crippen molar-refractivity contribution < 1.29 is 0 Å². The van der Waals surface area contributed by atoms with E-state index in [0.29, 0.717) is 5.92 Å². The van der Waals surface area contributed by atoms with Crippen molar-refractivity contribution in [3.8, 4) is 0 Å². The smallest absolute Gasteiger partial charge is 0.139 e. The molecule has 3 aromatic rings. The molecule has 2 aromatic heterocycles. The lowest BCUT2D eigenvalue weighted by Gasteiger charge is -2.16. The minimum Gasteiger partial charge on any atom is -0.326 e. The van der Waals surface area contributed by atoms with E-state index in [9.17, 15) is 0 Å². The van der Waals surface area contributed by atoms with E-state index in [1.54, 1.807) is 0 Å². The minimum atomic E-state index is 0. The summed E-state index contributed by atoms with van der Waals surface area (Å²) < 4.78 is 2.19. The summed E-state index contributed by atoms with van der Waals surface area (Å²) in [5.74, 6) is 0.414. The number of aromatic nitrogens is 2. The van der Waals surface area contributed by atoms with Gasteiger partial charge in [0.2, 0.25) is 0 Å². The molecule has 2 atom stereocenters. The molecule has 5 heteroatoms. The van der Waals surface area contributed by atoms with Gasteiger partial charge in [-0.15, -0.1) is 12.4 Å². The fourth-order valence-corrected chi connectivity index (χ4v) is 3.64. The van der Waals surface area contributed by atoms with Crippen LogP contribution in [0.2, 0.25) is 0 Å². The van der Waals surface area contributed by atoms with Gasteiger partial charge in [0.25, 0.3) is 0 Å². The van der Waals surface area contributed by atoms with Crippen molar-refractivity contribution in [3.05, 3.63) is 71.7 Å². The van der Waals surface area contributed by atoms with Crippen LogP contribution in [0.1, 0.15) is 22.7 Å². The summed E-state index contributed by atoms with van der Waals surface area (Å²) in [5, 5.41) is 0. The molecule has 0 amide bonds. The van der Waals surface area contributed by atoms with Gasteiger partial charge in [-0.25, -0.2) is 4.98 Å². The highest BCUT2D eigenvalue weighted by Crippen LogP contribution is 2.27. The van der Waals surface area contributed by atoms with Gasteiger partial charge in [0.1, 0.15) is 5.65 Å². The molecule has 0 spiro atoms. The Morgan fingerprint density at radius 1 is 1.12 bits per heavy atom. The van der Waals surface area contributed by atoms with Crippen LogP contribution in [0.4, 0.5) is 0 Å². The number of pyridine rings is 1. The highest BCUT2D eigenvalue weighted by molar-refractivity contribution is 5.85. The van der Waals surface area contributed by atoms with Gasteiger partial charge in [-0.2, -0.15) is 0 Å². The van der Waals surface area contributed by atoms with Crippen LogP contribution in [-0.4, -0.2) is 33.4 Å². The number of nitrogens with zero attached hydrogens (tertiary/aromatic N) is 3. The molecule has 0 unspecified atom stereocenters. The molecule has 0 radical (unpaired) electrons. The van der Waals surface area contributed by atoms with Gasteiger partial charge in [0.05, 0.1) is 11.9 Å². The van der Waals surface area contributed by atoms with Crippen LogP contribution >= 0.6 is 12.4 Å². The fraction of sp³-hybridized carbons (Fsp3) is 0.316. The lowest BCUT2D eigenvalue weighted by molar-refractivity contribution is 0.319. The first kappa shape index (κ1) is 17.0. The summed E-state index contributed by atoms with van der Waals surface area (Å²) in [6.45, 7) is 4.92. The monoisotopic (exact) mass is 342 g/mol. The molecule has 0 bridgehead atoms. The van der Waals surface area contributed by atoms with Crippen molar-refractivity contribution in [1.29, 1.82) is 0 Å². The van der Waals surface area contributed by atoms with Crippen LogP contribution in [0.15, 0.2) is 54.9 Å². The van der Waals surface area contributed by atoms with E-state index in [4.69, 9.17) is 5.73 Å². The number of hydrogen-bond acceptors (Lipinski definition) is 3. The zero-order valence-corrected chi connectivity index (χ0v) is 14.6. The third-order valence-corrected chi connectivity index (χ3v) is 4.86. The van der Waals surface area contributed by atoms with Gasteiger partial charge in [-0.05, 0) is 24.1 Å². The second kappa shape index (κ2) is 6.93. The molecule has 24 heavy (non-hydrogen) atoms. The summed E-state index contributed by atoms with van der Waals surface area (Å²) in [4.78, 5) is 7.00. The molecular weight excluding hydrogens is 320 g/mol. The highest BCUT2D eigenvalue weighted by atomic mass is 35.5. The van der Waals surface area contributed by atoms with Crippen molar-refractivity contribution in [2.75, 3.05) is 13.1 Å². The third-order valence-electron chi connectivity index (χ3n) is 4.86. The SMILES string of the molecule is Cc1cccn2c(CN3C[C@@H](N)[C@H](c4ccccc4)C3)cnc12.Cl. The molecule has 1 aromatic carbocycles. The first-order chi connectivity index (χ1) is 11.2. The molecule has 1 aliphatic heterocycles. The van der Waals surface area contributed by atoms with Gasteiger partial charge >= 0.3 is 0 Å². The highest BCUT2D eigenvalue weighted by Gasteiger charge is 2.31. The molecule has 3 heterocycles. The lowest BCUT2D eigenvalue weighted by Crippen LogP contribution is -2.28. The van der Waals surface area contributed by atoms with Gasteiger partial charge in [0, 0.05) is 37.8 Å². The Morgan fingerprint density at radius 2 is 1.92 bits per heavy atom. The maximum absolute atomic E-state index is 6.40. The molecular formula is C19H23ClN4. The van der Waals surface area contributed by atoms with Crippen LogP contribution in [0.3, 0.4) is 0 Å². The molecule has 0 aliphatic carbocycles. The van der Waals surface area contributed by atoms with E-state index < -0.39 is 0 Å². The number of imidazole rings is 1. The van der Waals surface area contributed by atoms with Gasteiger partial charge in [0.15, 0.2) is 0 Å². The standard InChI is InChI=1S/C19H22N4.ClH/c1-14-6-5-9-23-16(10-21-19(14)23)11-22-12-17(18(20)13-22)15-7-3-2-4-8-15;/h2-10,17-18H,11-13,20H2,1H3;1H/t17-,18+;/m0./s1. The second-order valence-electron chi connectivity index (χ2n) is 6.51. The average molecular weight is 343 g/mol. The number of nitrogens with two attached hydrogens (primary N) is 1. The molecule has 1 fully saturated rings. The quantitative estimate of drug-likeness (QED) is 0.796. The molecule has 4 nitrogen and oxygen atoms in total. The molecule has 0 saturated carbocycles. The minimum absolute atomic E-state index is 0. The normalized spacial score (nSPS) is 21.1. The van der Waals surface area contributed by atoms with E-state index in [1.807, 2.05) is 6.20 Å². The first-order valence-electron chi connectivity index (χ1n) is 8.17. The van der Waals surface area contributed by atoms with Gasteiger partial charge in [-0.3, -0.25) is 4.90 Å². The van der Waals surface area contributed by atoms with Crippen LogP contribution in [0, 0.1) is 6.92 Å². The predicted molar refractivity (Wildman–Crippen MR) is 99.6 cm³/mol. The van der Waals surface area contributed by atoms with Crippen molar-refractivity contribution in [1.82, 2.24) is 14.3 Å². The van der Waals surface area contributed by atoms with Crippen molar-refractivity contribution >= 4 is 18.1 Å². The zero-order chi connectivity index (χ0) is 15.8. The Kier molecular flexibility index (Phi) is 4.90. The summed E-state index contributed by atoms with van der Waals surface area (Å²) >= 11 is 0. The Hall–Kier alpha value is -1.88. The zero-order valence-electron chi connectivity index (χ0n) is 13.8. The van der Waals surface area contributed by atoms with E-state index >= 15 is 0 Å². The summed E-state index contributed by atoms with van der Waals surface area (Å²) in [5.41, 5.74) is 11.2. The van der Waals surface area contributed by atoms with E-state index in [-0.39, 0.29) is 18.4 Å². The number of fused-ring (bicyclic) bond motifs is 1. The van der Waals surface area contributed by atoms with Crippen molar-refractivity contribution in [3.63, 3.8) is 0 Å². The Labute approximate surface area is 148 Å². The molecule has 1 saturated heterocycles. The van der Waals surface area contributed by atoms with Crippen LogP contribution in [0.5, 0.6) is 0 Å². The first-order valence-corrected chi connectivity index (χ1v) is 8.17. The predicted octanol–water partition coefficient (Wildman–Crippen LogP) is 2.99. The summed E-state index contributed by atoms with van der Waals surface area (Å²) in [6.07, 6.45) is 4.08.